The van der Waals surface area contributed by atoms with Gasteiger partial charge in [0.1, 0.15) is 0 Å². The van der Waals surface area contributed by atoms with Gasteiger partial charge in [-0.2, -0.15) is 0 Å². The second-order valence-corrected chi connectivity index (χ2v) is 4.26. The molecule has 0 aromatic heterocycles. The summed E-state index contributed by atoms with van der Waals surface area (Å²) < 4.78 is 0. The van der Waals surface area contributed by atoms with Gasteiger partial charge < -0.3 is 5.11 Å². The Bertz CT molecular complexity index is 285. The summed E-state index contributed by atoms with van der Waals surface area (Å²) in [7, 11) is 0. The first-order valence-corrected chi connectivity index (χ1v) is 5.61. The molecule has 0 saturated carbocycles. The summed E-state index contributed by atoms with van der Waals surface area (Å²) in [5.74, 6) is 0.764. The Morgan fingerprint density at radius 1 is 1.43 bits per heavy atom. The van der Waals surface area contributed by atoms with Crippen molar-refractivity contribution >= 4 is 16.9 Å². The van der Waals surface area contributed by atoms with E-state index in [0.29, 0.717) is 0 Å². The zero-order chi connectivity index (χ0) is 10.4. The molecule has 1 aromatic rings. The summed E-state index contributed by atoms with van der Waals surface area (Å²) in [6.45, 7) is 1.93. The van der Waals surface area contributed by atoms with Gasteiger partial charge in [-0.15, -0.1) is 0 Å². The van der Waals surface area contributed by atoms with Gasteiger partial charge in [0.05, 0.1) is 6.10 Å². The molecule has 1 aromatic carbocycles. The standard InChI is InChI=1S/C11H14O2S/c1-2-14-11(13)8-10(12)9-6-4-3-5-7-9/h3-7,10,12H,2,8H2,1H3/t10-/m1/s1. The summed E-state index contributed by atoms with van der Waals surface area (Å²) in [6, 6.07) is 9.26. The quantitative estimate of drug-likeness (QED) is 0.829. The minimum Gasteiger partial charge on any atom is -0.388 e. The minimum atomic E-state index is -0.664. The maximum Gasteiger partial charge on any atom is 0.191 e. The van der Waals surface area contributed by atoms with Crippen LogP contribution in [0.2, 0.25) is 0 Å². The van der Waals surface area contributed by atoms with Gasteiger partial charge in [-0.1, -0.05) is 49.0 Å². The van der Waals surface area contributed by atoms with Gasteiger partial charge >= 0.3 is 0 Å². The Kier molecular flexibility index (Phi) is 4.70. The molecular weight excluding hydrogens is 196 g/mol. The molecule has 14 heavy (non-hydrogen) atoms. The van der Waals surface area contributed by atoms with Gasteiger partial charge in [0, 0.05) is 6.42 Å². The molecule has 0 amide bonds. The maximum atomic E-state index is 11.2. The van der Waals surface area contributed by atoms with Crippen LogP contribution in [0.5, 0.6) is 0 Å². The number of aliphatic hydroxyl groups excluding tert-OH is 1. The third-order valence-electron chi connectivity index (χ3n) is 1.85. The lowest BCUT2D eigenvalue weighted by molar-refractivity contribution is -0.112. The van der Waals surface area contributed by atoms with Crippen LogP contribution < -0.4 is 0 Å². The van der Waals surface area contributed by atoms with Gasteiger partial charge in [-0.3, -0.25) is 4.79 Å². The van der Waals surface area contributed by atoms with Gasteiger partial charge in [-0.25, -0.2) is 0 Å². The van der Waals surface area contributed by atoms with E-state index in [1.54, 1.807) is 0 Å². The molecule has 0 fully saturated rings. The highest BCUT2D eigenvalue weighted by molar-refractivity contribution is 8.13. The Hall–Kier alpha value is -0.800. The molecule has 1 rings (SSSR count). The average molecular weight is 210 g/mol. The van der Waals surface area contributed by atoms with Crippen LogP contribution in [0.1, 0.15) is 25.0 Å². The van der Waals surface area contributed by atoms with Crippen molar-refractivity contribution in [2.75, 3.05) is 5.75 Å². The summed E-state index contributed by atoms with van der Waals surface area (Å²) in [6.07, 6.45) is -0.467. The topological polar surface area (TPSA) is 37.3 Å². The van der Waals surface area contributed by atoms with Crippen LogP contribution in [0.3, 0.4) is 0 Å². The van der Waals surface area contributed by atoms with E-state index in [1.165, 1.54) is 11.8 Å². The number of hydrogen-bond donors (Lipinski definition) is 1. The van der Waals surface area contributed by atoms with Crippen molar-refractivity contribution in [3.05, 3.63) is 35.9 Å². The van der Waals surface area contributed by atoms with E-state index in [2.05, 4.69) is 0 Å². The molecule has 0 aliphatic carbocycles. The fourth-order valence-electron chi connectivity index (χ4n) is 1.17. The Morgan fingerprint density at radius 2 is 2.07 bits per heavy atom. The highest BCUT2D eigenvalue weighted by atomic mass is 32.2. The van der Waals surface area contributed by atoms with Crippen molar-refractivity contribution < 1.29 is 9.90 Å². The molecule has 0 spiro atoms. The van der Waals surface area contributed by atoms with E-state index in [1.807, 2.05) is 37.3 Å². The lowest BCUT2D eigenvalue weighted by Crippen LogP contribution is -2.03. The zero-order valence-corrected chi connectivity index (χ0v) is 8.96. The number of thioether (sulfide) groups is 1. The van der Waals surface area contributed by atoms with Crippen LogP contribution >= 0.6 is 11.8 Å². The van der Waals surface area contributed by atoms with Crippen molar-refractivity contribution in [1.29, 1.82) is 0 Å². The number of aliphatic hydroxyl groups is 1. The van der Waals surface area contributed by atoms with E-state index in [-0.39, 0.29) is 11.5 Å². The van der Waals surface area contributed by atoms with Crippen LogP contribution in [0.25, 0.3) is 0 Å². The molecule has 0 aliphatic heterocycles. The summed E-state index contributed by atoms with van der Waals surface area (Å²) in [4.78, 5) is 11.2. The highest BCUT2D eigenvalue weighted by Gasteiger charge is 2.11. The largest absolute Gasteiger partial charge is 0.388 e. The molecule has 0 aliphatic rings. The number of rotatable bonds is 4. The Labute approximate surface area is 88.3 Å². The summed E-state index contributed by atoms with van der Waals surface area (Å²) in [5, 5.41) is 9.73. The van der Waals surface area contributed by atoms with Crippen molar-refractivity contribution in [2.45, 2.75) is 19.4 Å². The molecular formula is C11H14O2S. The minimum absolute atomic E-state index is 0.0452. The van der Waals surface area contributed by atoms with Gasteiger partial charge in [-0.05, 0) is 11.3 Å². The Balaban J connectivity index is 2.50. The molecule has 3 heteroatoms. The third-order valence-corrected chi connectivity index (χ3v) is 2.63. The van der Waals surface area contributed by atoms with Crippen molar-refractivity contribution in [3.63, 3.8) is 0 Å². The maximum absolute atomic E-state index is 11.2. The fraction of sp³-hybridized carbons (Fsp3) is 0.364. The monoisotopic (exact) mass is 210 g/mol. The lowest BCUT2D eigenvalue weighted by atomic mass is 10.1. The predicted molar refractivity (Wildman–Crippen MR) is 59.2 cm³/mol. The second-order valence-electron chi connectivity index (χ2n) is 2.94. The van der Waals surface area contributed by atoms with E-state index >= 15 is 0 Å². The Morgan fingerprint density at radius 3 is 2.64 bits per heavy atom. The predicted octanol–water partition coefficient (Wildman–Crippen LogP) is 2.39. The van der Waals surface area contributed by atoms with Gasteiger partial charge in [0.15, 0.2) is 5.12 Å². The van der Waals surface area contributed by atoms with Gasteiger partial charge in [0.25, 0.3) is 0 Å². The summed E-state index contributed by atoms with van der Waals surface area (Å²) >= 11 is 1.26. The first-order chi connectivity index (χ1) is 6.74. The average Bonchev–Trinajstić information content (AvgIpc) is 2.19. The van der Waals surface area contributed by atoms with E-state index < -0.39 is 6.10 Å². The molecule has 2 nitrogen and oxygen atoms in total. The fourth-order valence-corrected chi connectivity index (χ4v) is 1.77. The van der Waals surface area contributed by atoms with Crippen molar-refractivity contribution in [1.82, 2.24) is 0 Å². The molecule has 0 bridgehead atoms. The smallest absolute Gasteiger partial charge is 0.191 e. The first kappa shape index (κ1) is 11.3. The summed E-state index contributed by atoms with van der Waals surface area (Å²) in [5.41, 5.74) is 0.803. The number of carbonyl (C=O) groups is 1. The molecule has 1 atom stereocenters. The van der Waals surface area contributed by atoms with Crippen LogP contribution in [0, 0.1) is 0 Å². The van der Waals surface area contributed by atoms with E-state index in [4.69, 9.17) is 0 Å². The SMILES string of the molecule is CCSC(=O)C[C@@H](O)c1ccccc1. The molecule has 0 saturated heterocycles. The zero-order valence-electron chi connectivity index (χ0n) is 8.14. The normalized spacial score (nSPS) is 12.4. The number of carbonyl (C=O) groups excluding carboxylic acids is 1. The van der Waals surface area contributed by atoms with Gasteiger partial charge in [0.2, 0.25) is 0 Å². The lowest BCUT2D eigenvalue weighted by Gasteiger charge is -2.08. The molecule has 1 N–H and O–H groups in total. The van der Waals surface area contributed by atoms with E-state index in [9.17, 15) is 9.90 Å². The molecule has 0 radical (unpaired) electrons. The van der Waals surface area contributed by atoms with E-state index in [0.717, 1.165) is 11.3 Å². The second kappa shape index (κ2) is 5.83. The molecule has 0 unspecified atom stereocenters. The van der Waals surface area contributed by atoms with Crippen LogP contribution in [-0.2, 0) is 4.79 Å². The van der Waals surface area contributed by atoms with Crippen molar-refractivity contribution in [2.24, 2.45) is 0 Å². The van der Waals surface area contributed by atoms with Crippen LogP contribution in [-0.4, -0.2) is 16.0 Å². The van der Waals surface area contributed by atoms with Crippen molar-refractivity contribution in [3.8, 4) is 0 Å². The van der Waals surface area contributed by atoms with Crippen LogP contribution in [0.15, 0.2) is 30.3 Å². The first-order valence-electron chi connectivity index (χ1n) is 4.62. The number of hydrogen-bond acceptors (Lipinski definition) is 3. The molecule has 76 valence electrons. The highest BCUT2D eigenvalue weighted by Crippen LogP contribution is 2.19. The molecule has 0 heterocycles. The third kappa shape index (κ3) is 3.52. The van der Waals surface area contributed by atoms with Crippen LogP contribution in [0.4, 0.5) is 0 Å². The number of benzene rings is 1.